The zero-order valence-electron chi connectivity index (χ0n) is 4.32. The van der Waals surface area contributed by atoms with Gasteiger partial charge in [0, 0.05) is 0 Å². The third-order valence-electron chi connectivity index (χ3n) is 0.574. The highest BCUT2D eigenvalue weighted by Gasteiger charge is 1.99. The van der Waals surface area contributed by atoms with Gasteiger partial charge in [0.1, 0.15) is 0 Å². The van der Waals surface area contributed by atoms with Gasteiger partial charge in [-0.2, -0.15) is 0 Å². The fourth-order valence-corrected chi connectivity index (χ4v) is 0.207. The Morgan fingerprint density at radius 2 is 2.25 bits per heavy atom. The van der Waals surface area contributed by atoms with Crippen molar-refractivity contribution in [2.45, 2.75) is 6.10 Å². The highest BCUT2D eigenvalue weighted by atomic mass is 16.5. The maximum Gasteiger partial charge on any atom is 0.485 e. The molecule has 0 heterocycles. The van der Waals surface area contributed by atoms with Crippen LogP contribution in [0.3, 0.4) is 0 Å². The van der Waals surface area contributed by atoms with Gasteiger partial charge in [0.15, 0.2) is 0 Å². The van der Waals surface area contributed by atoms with Crippen molar-refractivity contribution in [3.63, 3.8) is 0 Å². The van der Waals surface area contributed by atoms with E-state index in [1.807, 2.05) is 0 Å². The fraction of sp³-hybridized carbons (Fsp3) is 1.00. The third kappa shape index (κ3) is 4.07. The first-order valence-corrected chi connectivity index (χ1v) is 2.17. The molecule has 0 aromatic heterocycles. The van der Waals surface area contributed by atoms with Crippen LogP contribution in [-0.2, 0) is 4.65 Å². The summed E-state index contributed by atoms with van der Waals surface area (Å²) in [6, 6.07) is 0. The molecule has 0 rings (SSSR count). The van der Waals surface area contributed by atoms with Gasteiger partial charge in [-0.05, 0) is 0 Å². The fourth-order valence-electron chi connectivity index (χ4n) is 0.207. The molecule has 47 valence electrons. The minimum absolute atomic E-state index is 0.0764. The normalized spacial score (nSPS) is 13.4. The van der Waals surface area contributed by atoms with Gasteiger partial charge in [0.25, 0.3) is 0 Å². The van der Waals surface area contributed by atoms with Crippen molar-refractivity contribution in [1.82, 2.24) is 0 Å². The minimum Gasteiger partial charge on any atom is -0.429 e. The lowest BCUT2D eigenvalue weighted by molar-refractivity contribution is 0.0501. The summed E-state index contributed by atoms with van der Waals surface area (Å²) in [4.78, 5) is 0. The Balaban J connectivity index is 2.86. The monoisotopic (exact) mass is 119 g/mol. The van der Waals surface area contributed by atoms with Gasteiger partial charge in [-0.15, -0.1) is 0 Å². The predicted octanol–water partition coefficient (Wildman–Crippen LogP) is -2.12. The molecule has 0 saturated heterocycles. The molecular formula is C3H8BO4. The van der Waals surface area contributed by atoms with E-state index in [0.717, 1.165) is 0 Å². The van der Waals surface area contributed by atoms with Gasteiger partial charge in [0.05, 0.1) is 19.3 Å². The Labute approximate surface area is 48.0 Å². The lowest BCUT2D eigenvalue weighted by atomic mass is 10.3. The Morgan fingerprint density at radius 3 is 2.62 bits per heavy atom. The number of aliphatic hydroxyl groups is 2. The average Bonchev–Trinajstić information content (AvgIpc) is 1.83. The maximum absolute atomic E-state index is 8.48. The molecule has 0 fully saturated rings. The van der Waals surface area contributed by atoms with Crippen LogP contribution in [0.2, 0.25) is 0 Å². The summed E-state index contributed by atoms with van der Waals surface area (Å²) in [6.45, 7) is -0.430. The van der Waals surface area contributed by atoms with Gasteiger partial charge < -0.3 is 19.9 Å². The molecule has 1 atom stereocenters. The Kier molecular flexibility index (Phi) is 4.99. The van der Waals surface area contributed by atoms with E-state index in [0.29, 0.717) is 7.69 Å². The van der Waals surface area contributed by atoms with Crippen LogP contribution in [0.1, 0.15) is 0 Å². The molecule has 5 heteroatoms. The van der Waals surface area contributed by atoms with E-state index in [1.165, 1.54) is 0 Å². The molecule has 0 spiro atoms. The molecule has 3 N–H and O–H groups in total. The zero-order chi connectivity index (χ0) is 6.41. The first kappa shape index (κ1) is 7.90. The summed E-state index contributed by atoms with van der Waals surface area (Å²) in [5.74, 6) is 0. The van der Waals surface area contributed by atoms with E-state index in [1.54, 1.807) is 0 Å². The van der Waals surface area contributed by atoms with Crippen molar-refractivity contribution in [1.29, 1.82) is 0 Å². The van der Waals surface area contributed by atoms with Crippen molar-refractivity contribution in [3.05, 3.63) is 0 Å². The summed E-state index contributed by atoms with van der Waals surface area (Å²) in [7, 11) is 0.471. The summed E-state index contributed by atoms with van der Waals surface area (Å²) in [5.41, 5.74) is 0. The Morgan fingerprint density at radius 1 is 1.62 bits per heavy atom. The predicted molar refractivity (Wildman–Crippen MR) is 27.0 cm³/mol. The molecule has 0 saturated carbocycles. The van der Waals surface area contributed by atoms with Crippen LogP contribution < -0.4 is 0 Å². The molecule has 0 aromatic rings. The molecule has 4 nitrogen and oxygen atoms in total. The van der Waals surface area contributed by atoms with Crippen LogP contribution in [0.5, 0.6) is 0 Å². The van der Waals surface area contributed by atoms with Gasteiger partial charge in [-0.1, -0.05) is 0 Å². The van der Waals surface area contributed by atoms with Crippen LogP contribution >= 0.6 is 0 Å². The molecule has 0 aliphatic carbocycles. The van der Waals surface area contributed by atoms with E-state index in [2.05, 4.69) is 4.65 Å². The number of hydrogen-bond acceptors (Lipinski definition) is 4. The second-order valence-electron chi connectivity index (χ2n) is 1.28. The van der Waals surface area contributed by atoms with Gasteiger partial charge in [-0.3, -0.25) is 0 Å². The molecular weight excluding hydrogens is 111 g/mol. The van der Waals surface area contributed by atoms with Crippen LogP contribution in [0.25, 0.3) is 0 Å². The van der Waals surface area contributed by atoms with Gasteiger partial charge in [0.2, 0.25) is 0 Å². The highest BCUT2D eigenvalue weighted by Crippen LogP contribution is 1.79. The molecule has 0 aromatic carbocycles. The summed E-state index contributed by atoms with van der Waals surface area (Å²) < 4.78 is 4.21. The second-order valence-corrected chi connectivity index (χ2v) is 1.28. The van der Waals surface area contributed by atoms with Crippen LogP contribution in [0.4, 0.5) is 0 Å². The van der Waals surface area contributed by atoms with Crippen LogP contribution in [0, 0.1) is 0 Å². The van der Waals surface area contributed by atoms with E-state index in [9.17, 15) is 0 Å². The lowest BCUT2D eigenvalue weighted by Crippen LogP contribution is -2.20. The van der Waals surface area contributed by atoms with E-state index in [4.69, 9.17) is 15.2 Å². The lowest BCUT2D eigenvalue weighted by Gasteiger charge is -2.03. The van der Waals surface area contributed by atoms with E-state index >= 15 is 0 Å². The molecule has 1 unspecified atom stereocenters. The number of aliphatic hydroxyl groups excluding tert-OH is 2. The zero-order valence-corrected chi connectivity index (χ0v) is 4.32. The molecule has 0 aliphatic rings. The first-order valence-electron chi connectivity index (χ1n) is 2.17. The van der Waals surface area contributed by atoms with Crippen LogP contribution in [0.15, 0.2) is 0 Å². The minimum atomic E-state index is -0.904. The molecule has 8 heavy (non-hydrogen) atoms. The molecule has 1 radical (unpaired) electrons. The highest BCUT2D eigenvalue weighted by molar-refractivity contribution is 6.15. The van der Waals surface area contributed by atoms with Crippen LogP contribution in [-0.4, -0.2) is 42.2 Å². The van der Waals surface area contributed by atoms with E-state index in [-0.39, 0.29) is 13.2 Å². The summed E-state index contributed by atoms with van der Waals surface area (Å²) in [6.07, 6.45) is -0.904. The largest absolute Gasteiger partial charge is 0.485 e. The average molecular weight is 119 g/mol. The van der Waals surface area contributed by atoms with E-state index < -0.39 is 6.10 Å². The molecule has 0 aliphatic heterocycles. The molecule has 0 bridgehead atoms. The summed E-state index contributed by atoms with van der Waals surface area (Å²) in [5, 5.41) is 24.5. The van der Waals surface area contributed by atoms with Crippen molar-refractivity contribution in [2.24, 2.45) is 0 Å². The van der Waals surface area contributed by atoms with Crippen molar-refractivity contribution >= 4 is 7.69 Å². The van der Waals surface area contributed by atoms with Gasteiger partial charge >= 0.3 is 7.69 Å². The molecule has 0 amide bonds. The Hall–Kier alpha value is -0.0951. The van der Waals surface area contributed by atoms with Crippen molar-refractivity contribution in [3.8, 4) is 0 Å². The standard InChI is InChI=1S/C3H8BO4/c5-1-3(6)2-8-4-7/h3,5-7H,1-2H2. The first-order chi connectivity index (χ1) is 3.81. The summed E-state index contributed by atoms with van der Waals surface area (Å²) >= 11 is 0. The smallest absolute Gasteiger partial charge is 0.429 e. The maximum atomic E-state index is 8.48. The Bertz CT molecular complexity index is 50.5. The van der Waals surface area contributed by atoms with Gasteiger partial charge in [-0.25, -0.2) is 0 Å². The number of rotatable bonds is 4. The number of hydrogen-bond donors (Lipinski definition) is 3. The van der Waals surface area contributed by atoms with Crippen molar-refractivity contribution < 1.29 is 19.9 Å². The SMILES string of the molecule is O[B]OCC(O)CO. The quantitative estimate of drug-likeness (QED) is 0.370. The second kappa shape index (κ2) is 5.05. The topological polar surface area (TPSA) is 69.9 Å². The third-order valence-corrected chi connectivity index (χ3v) is 0.574. The van der Waals surface area contributed by atoms with Crippen molar-refractivity contribution in [2.75, 3.05) is 13.2 Å².